The molecule has 1 fully saturated rings. The Morgan fingerprint density at radius 2 is 2.07 bits per heavy atom. The first kappa shape index (κ1) is 20.3. The zero-order valence-electron chi connectivity index (χ0n) is 16.2. The fourth-order valence-corrected chi connectivity index (χ4v) is 5.08. The summed E-state index contributed by atoms with van der Waals surface area (Å²) in [6.45, 7) is 9.20. The summed E-state index contributed by atoms with van der Waals surface area (Å²) < 4.78 is 5.16. The van der Waals surface area contributed by atoms with Crippen molar-refractivity contribution in [3.8, 4) is 0 Å². The number of aromatic nitrogens is 1. The van der Waals surface area contributed by atoms with Gasteiger partial charge in [0, 0.05) is 48.1 Å². The highest BCUT2D eigenvalue weighted by Gasteiger charge is 2.13. The Morgan fingerprint density at radius 1 is 1.30 bits per heavy atom. The first-order chi connectivity index (χ1) is 13.0. The van der Waals surface area contributed by atoms with Gasteiger partial charge in [-0.3, -0.25) is 9.69 Å². The fraction of sp³-hybridized carbons (Fsp3) is 0.500. The second-order valence-corrected chi connectivity index (χ2v) is 9.09. The minimum Gasteiger partial charge on any atom is -0.361 e. The molecule has 1 saturated heterocycles. The Balaban J connectivity index is 1.48. The highest BCUT2D eigenvalue weighted by molar-refractivity contribution is 7.99. The monoisotopic (exact) mass is 405 g/mol. The molecule has 0 aliphatic carbocycles. The van der Waals surface area contributed by atoms with E-state index in [4.69, 9.17) is 4.52 Å². The van der Waals surface area contributed by atoms with E-state index in [0.717, 1.165) is 53.7 Å². The number of carbonyl (C=O) groups is 1. The highest BCUT2D eigenvalue weighted by atomic mass is 32.2. The summed E-state index contributed by atoms with van der Waals surface area (Å²) in [5.41, 5.74) is 5.31. The van der Waals surface area contributed by atoms with Gasteiger partial charge in [0.05, 0.1) is 11.4 Å². The number of carbonyl (C=O) groups excluding carboxylic acids is 1. The molecule has 1 aliphatic rings. The minimum absolute atomic E-state index is 0.0238. The van der Waals surface area contributed by atoms with Gasteiger partial charge in [0.15, 0.2) is 0 Å². The Bertz CT molecular complexity index is 766. The van der Waals surface area contributed by atoms with Crippen molar-refractivity contribution in [1.29, 1.82) is 0 Å². The summed E-state index contributed by atoms with van der Waals surface area (Å²) in [6.07, 6.45) is 0. The van der Waals surface area contributed by atoms with Gasteiger partial charge in [0.1, 0.15) is 5.76 Å². The molecule has 3 rings (SSSR count). The van der Waals surface area contributed by atoms with E-state index in [-0.39, 0.29) is 5.91 Å². The largest absolute Gasteiger partial charge is 0.361 e. The summed E-state index contributed by atoms with van der Waals surface area (Å²) in [4.78, 5) is 14.8. The van der Waals surface area contributed by atoms with Crippen LogP contribution in [0.4, 0.5) is 5.69 Å². The zero-order chi connectivity index (χ0) is 19.2. The van der Waals surface area contributed by atoms with E-state index < -0.39 is 0 Å². The maximum absolute atomic E-state index is 12.3. The number of rotatable bonds is 7. The number of hydrogen-bond donors (Lipinski definition) is 1. The number of nitrogens with one attached hydrogen (secondary N) is 1. The molecule has 0 radical (unpaired) electrons. The van der Waals surface area contributed by atoms with Crippen molar-refractivity contribution in [1.82, 2.24) is 10.1 Å². The van der Waals surface area contributed by atoms with Crippen molar-refractivity contribution in [2.45, 2.75) is 33.1 Å². The number of anilines is 1. The molecule has 146 valence electrons. The van der Waals surface area contributed by atoms with E-state index in [0.29, 0.717) is 5.75 Å². The normalized spacial score (nSPS) is 15.1. The van der Waals surface area contributed by atoms with E-state index in [2.05, 4.69) is 34.4 Å². The first-order valence-electron chi connectivity index (χ1n) is 9.22. The standard InChI is InChI=1S/C20H27N3O2S2/c1-14-10-17(11-23-6-8-26-9-7-23)4-5-19(14)21-20(24)13-27-12-18-15(2)22-25-16(18)3/h4-5,10H,6-9,11-13H2,1-3H3,(H,21,24). The number of thioether (sulfide) groups is 2. The first-order valence-corrected chi connectivity index (χ1v) is 11.5. The van der Waals surface area contributed by atoms with Crippen LogP contribution in [0.15, 0.2) is 22.7 Å². The number of benzene rings is 1. The lowest BCUT2D eigenvalue weighted by molar-refractivity contribution is -0.113. The molecule has 1 aromatic carbocycles. The molecule has 27 heavy (non-hydrogen) atoms. The molecule has 0 unspecified atom stereocenters. The van der Waals surface area contributed by atoms with Gasteiger partial charge in [-0.05, 0) is 38.0 Å². The van der Waals surface area contributed by atoms with Gasteiger partial charge in [-0.2, -0.15) is 11.8 Å². The minimum atomic E-state index is 0.0238. The molecular weight excluding hydrogens is 378 g/mol. The van der Waals surface area contributed by atoms with E-state index in [1.54, 1.807) is 11.8 Å². The average Bonchev–Trinajstić information content (AvgIpc) is 2.97. The Morgan fingerprint density at radius 3 is 2.74 bits per heavy atom. The van der Waals surface area contributed by atoms with Gasteiger partial charge in [0.25, 0.3) is 0 Å². The molecule has 2 aromatic rings. The number of hydrogen-bond acceptors (Lipinski definition) is 6. The van der Waals surface area contributed by atoms with Gasteiger partial charge >= 0.3 is 0 Å². The van der Waals surface area contributed by atoms with Gasteiger partial charge in [-0.25, -0.2) is 0 Å². The van der Waals surface area contributed by atoms with Crippen LogP contribution in [0.25, 0.3) is 0 Å². The van der Waals surface area contributed by atoms with Gasteiger partial charge in [-0.1, -0.05) is 17.3 Å². The average molecular weight is 406 g/mol. The van der Waals surface area contributed by atoms with Crippen molar-refractivity contribution in [2.24, 2.45) is 0 Å². The van der Waals surface area contributed by atoms with Crippen LogP contribution in [0, 0.1) is 20.8 Å². The zero-order valence-corrected chi connectivity index (χ0v) is 17.8. The second-order valence-electron chi connectivity index (χ2n) is 6.88. The summed E-state index contributed by atoms with van der Waals surface area (Å²) >= 11 is 3.61. The van der Waals surface area contributed by atoms with E-state index in [1.807, 2.05) is 31.7 Å². The van der Waals surface area contributed by atoms with Crippen molar-refractivity contribution in [3.63, 3.8) is 0 Å². The van der Waals surface area contributed by atoms with E-state index in [9.17, 15) is 4.79 Å². The van der Waals surface area contributed by atoms with Gasteiger partial charge in [-0.15, -0.1) is 11.8 Å². The van der Waals surface area contributed by atoms with Crippen molar-refractivity contribution in [3.05, 3.63) is 46.3 Å². The lowest BCUT2D eigenvalue weighted by Crippen LogP contribution is -2.31. The predicted molar refractivity (Wildman–Crippen MR) is 115 cm³/mol. The molecule has 0 atom stereocenters. The Kier molecular flexibility index (Phi) is 7.26. The third kappa shape index (κ3) is 5.77. The molecular formula is C20H27N3O2S2. The van der Waals surface area contributed by atoms with E-state index in [1.165, 1.54) is 17.1 Å². The topological polar surface area (TPSA) is 58.4 Å². The van der Waals surface area contributed by atoms with Crippen molar-refractivity contribution >= 4 is 35.1 Å². The number of aryl methyl sites for hydroxylation is 3. The van der Waals surface area contributed by atoms with Crippen LogP contribution in [-0.4, -0.2) is 46.3 Å². The van der Waals surface area contributed by atoms with Crippen molar-refractivity contribution in [2.75, 3.05) is 35.7 Å². The maximum Gasteiger partial charge on any atom is 0.234 e. The smallest absolute Gasteiger partial charge is 0.234 e. The number of amides is 1. The van der Waals surface area contributed by atoms with Crippen LogP contribution in [-0.2, 0) is 17.1 Å². The SMILES string of the molecule is Cc1cc(CN2CCSCC2)ccc1NC(=O)CSCc1c(C)noc1C. The predicted octanol–water partition coefficient (Wildman–Crippen LogP) is 4.02. The highest BCUT2D eigenvalue weighted by Crippen LogP contribution is 2.22. The molecule has 0 bridgehead atoms. The van der Waals surface area contributed by atoms with Crippen LogP contribution < -0.4 is 5.32 Å². The van der Waals surface area contributed by atoms with Crippen LogP contribution in [0.5, 0.6) is 0 Å². The maximum atomic E-state index is 12.3. The Labute approximate surface area is 169 Å². The lowest BCUT2D eigenvalue weighted by Gasteiger charge is -2.26. The molecule has 1 aromatic heterocycles. The quantitative estimate of drug-likeness (QED) is 0.751. The lowest BCUT2D eigenvalue weighted by atomic mass is 10.1. The summed E-state index contributed by atoms with van der Waals surface area (Å²) in [5.74, 6) is 4.45. The number of nitrogens with zero attached hydrogens (tertiary/aromatic N) is 2. The molecule has 2 heterocycles. The Hall–Kier alpha value is -1.44. The van der Waals surface area contributed by atoms with Gasteiger partial charge < -0.3 is 9.84 Å². The van der Waals surface area contributed by atoms with Crippen LogP contribution in [0.3, 0.4) is 0 Å². The molecule has 1 amide bonds. The summed E-state index contributed by atoms with van der Waals surface area (Å²) in [7, 11) is 0. The summed E-state index contributed by atoms with van der Waals surface area (Å²) in [5, 5.41) is 6.98. The molecule has 1 aliphatic heterocycles. The van der Waals surface area contributed by atoms with Gasteiger partial charge in [0.2, 0.25) is 5.91 Å². The second kappa shape index (κ2) is 9.66. The third-order valence-corrected chi connectivity index (χ3v) is 6.64. The molecule has 7 heteroatoms. The van der Waals surface area contributed by atoms with Crippen LogP contribution >= 0.6 is 23.5 Å². The van der Waals surface area contributed by atoms with E-state index >= 15 is 0 Å². The summed E-state index contributed by atoms with van der Waals surface area (Å²) in [6, 6.07) is 6.34. The van der Waals surface area contributed by atoms with Crippen LogP contribution in [0.2, 0.25) is 0 Å². The van der Waals surface area contributed by atoms with Crippen LogP contribution in [0.1, 0.15) is 28.1 Å². The molecule has 0 saturated carbocycles. The van der Waals surface area contributed by atoms with Crippen molar-refractivity contribution < 1.29 is 9.32 Å². The molecule has 1 N–H and O–H groups in total. The molecule has 0 spiro atoms. The molecule has 5 nitrogen and oxygen atoms in total. The fourth-order valence-electron chi connectivity index (χ4n) is 3.12. The third-order valence-electron chi connectivity index (χ3n) is 4.74.